The highest BCUT2D eigenvalue weighted by Gasteiger charge is 2.14. The molecule has 0 atom stereocenters. The molecule has 2 N–H and O–H groups in total. The number of halogens is 2. The normalized spacial score (nSPS) is 10.4. The van der Waals surface area contributed by atoms with E-state index in [0.29, 0.717) is 5.56 Å². The Morgan fingerprint density at radius 2 is 2.19 bits per heavy atom. The Labute approximate surface area is 100 Å². The van der Waals surface area contributed by atoms with Gasteiger partial charge in [-0.3, -0.25) is 4.79 Å². The molecule has 0 bridgehead atoms. The second-order valence-corrected chi connectivity index (χ2v) is 4.52. The van der Waals surface area contributed by atoms with Gasteiger partial charge in [0.2, 0.25) is 0 Å². The van der Waals surface area contributed by atoms with Crippen molar-refractivity contribution in [1.82, 2.24) is 0 Å². The molecule has 0 aliphatic heterocycles. The second kappa shape index (κ2) is 4.23. The van der Waals surface area contributed by atoms with E-state index in [1.165, 1.54) is 23.5 Å². The number of hydrogen-bond acceptors (Lipinski definition) is 2. The number of nitrogens with two attached hydrogens (primary N) is 1. The molecule has 0 spiro atoms. The lowest BCUT2D eigenvalue weighted by atomic mass is 10.1. The van der Waals surface area contributed by atoms with Crippen LogP contribution in [0.3, 0.4) is 0 Å². The largest absolute Gasteiger partial charge is 0.366 e. The fourth-order valence-electron chi connectivity index (χ4n) is 1.35. The summed E-state index contributed by atoms with van der Waals surface area (Å²) in [4.78, 5) is 11.9. The third-order valence-electron chi connectivity index (χ3n) is 2.10. The summed E-state index contributed by atoms with van der Waals surface area (Å²) in [6.07, 6.45) is 0. The van der Waals surface area contributed by atoms with E-state index in [9.17, 15) is 9.18 Å². The predicted octanol–water partition coefficient (Wildman–Crippen LogP) is 3.31. The highest BCUT2D eigenvalue weighted by molar-refractivity contribution is 7.13. The smallest absolute Gasteiger partial charge is 0.251 e. The zero-order valence-corrected chi connectivity index (χ0v) is 9.61. The minimum atomic E-state index is -0.821. The van der Waals surface area contributed by atoms with E-state index in [4.69, 9.17) is 17.3 Å². The molecule has 0 saturated carbocycles. The molecule has 1 heterocycles. The van der Waals surface area contributed by atoms with Gasteiger partial charge in [-0.1, -0.05) is 17.7 Å². The number of carbonyl (C=O) groups is 1. The van der Waals surface area contributed by atoms with Crippen LogP contribution in [0.4, 0.5) is 4.39 Å². The van der Waals surface area contributed by atoms with Crippen molar-refractivity contribution < 1.29 is 9.18 Å². The maximum absolute atomic E-state index is 13.4. The number of primary amides is 1. The first-order valence-electron chi connectivity index (χ1n) is 4.42. The molecular formula is C11H7ClFNOS. The highest BCUT2D eigenvalue weighted by atomic mass is 35.5. The van der Waals surface area contributed by atoms with Gasteiger partial charge in [-0.2, -0.15) is 0 Å². The molecule has 2 rings (SSSR count). The van der Waals surface area contributed by atoms with Crippen LogP contribution in [0, 0.1) is 5.82 Å². The standard InChI is InChI=1S/C11H7ClFNOS/c12-8-5-6(9-2-1-3-16-9)4-7(10(8)13)11(14)15/h1-5H,(H2,14,15). The summed E-state index contributed by atoms with van der Waals surface area (Å²) in [6, 6.07) is 6.62. The Balaban J connectivity index is 2.62. The molecule has 16 heavy (non-hydrogen) atoms. The molecule has 1 aromatic carbocycles. The number of amides is 1. The van der Waals surface area contributed by atoms with Crippen LogP contribution in [0.5, 0.6) is 0 Å². The fourth-order valence-corrected chi connectivity index (χ4v) is 2.29. The van der Waals surface area contributed by atoms with Crippen LogP contribution in [0.15, 0.2) is 29.6 Å². The van der Waals surface area contributed by atoms with E-state index >= 15 is 0 Å². The number of rotatable bonds is 2. The Morgan fingerprint density at radius 1 is 1.44 bits per heavy atom. The number of hydrogen-bond donors (Lipinski definition) is 1. The molecule has 0 unspecified atom stereocenters. The summed E-state index contributed by atoms with van der Waals surface area (Å²) in [5.74, 6) is -1.59. The molecule has 0 aliphatic rings. The van der Waals surface area contributed by atoms with Crippen LogP contribution >= 0.6 is 22.9 Å². The van der Waals surface area contributed by atoms with Gasteiger partial charge in [-0.25, -0.2) is 4.39 Å². The third kappa shape index (κ3) is 1.94. The van der Waals surface area contributed by atoms with E-state index in [0.717, 1.165) is 4.88 Å². The zero-order valence-electron chi connectivity index (χ0n) is 8.04. The lowest BCUT2D eigenvalue weighted by molar-refractivity contribution is 0.0996. The summed E-state index contributed by atoms with van der Waals surface area (Å²) >= 11 is 7.18. The molecule has 0 radical (unpaired) electrons. The van der Waals surface area contributed by atoms with E-state index in [2.05, 4.69) is 0 Å². The monoisotopic (exact) mass is 255 g/mol. The van der Waals surface area contributed by atoms with Gasteiger partial charge in [-0.15, -0.1) is 11.3 Å². The van der Waals surface area contributed by atoms with Crippen LogP contribution < -0.4 is 5.73 Å². The van der Waals surface area contributed by atoms with E-state index in [1.54, 1.807) is 0 Å². The molecular weight excluding hydrogens is 249 g/mol. The molecule has 2 nitrogen and oxygen atoms in total. The van der Waals surface area contributed by atoms with Crippen LogP contribution in [0.25, 0.3) is 10.4 Å². The number of thiophene rings is 1. The van der Waals surface area contributed by atoms with Crippen LogP contribution in [0.1, 0.15) is 10.4 Å². The minimum Gasteiger partial charge on any atom is -0.366 e. The summed E-state index contributed by atoms with van der Waals surface area (Å²) < 4.78 is 13.4. The minimum absolute atomic E-state index is 0.0975. The van der Waals surface area contributed by atoms with Gasteiger partial charge in [0.25, 0.3) is 5.91 Å². The van der Waals surface area contributed by atoms with Crippen molar-refractivity contribution in [2.75, 3.05) is 0 Å². The first kappa shape index (κ1) is 11.1. The molecule has 0 saturated heterocycles. The maximum atomic E-state index is 13.4. The average Bonchev–Trinajstić information content (AvgIpc) is 2.74. The molecule has 1 aromatic heterocycles. The quantitative estimate of drug-likeness (QED) is 0.879. The molecule has 82 valence electrons. The van der Waals surface area contributed by atoms with Crippen LogP contribution in [-0.2, 0) is 0 Å². The van der Waals surface area contributed by atoms with Crippen molar-refractivity contribution in [3.8, 4) is 10.4 Å². The molecule has 0 aliphatic carbocycles. The van der Waals surface area contributed by atoms with Crippen molar-refractivity contribution in [3.05, 3.63) is 46.0 Å². The zero-order chi connectivity index (χ0) is 11.7. The van der Waals surface area contributed by atoms with Gasteiger partial charge < -0.3 is 5.73 Å². The summed E-state index contributed by atoms with van der Waals surface area (Å²) in [6.45, 7) is 0. The van der Waals surface area contributed by atoms with Crippen molar-refractivity contribution in [1.29, 1.82) is 0 Å². The molecule has 1 amide bonds. The fraction of sp³-hybridized carbons (Fsp3) is 0. The highest BCUT2D eigenvalue weighted by Crippen LogP contribution is 2.30. The second-order valence-electron chi connectivity index (χ2n) is 3.16. The van der Waals surface area contributed by atoms with Crippen molar-refractivity contribution in [2.45, 2.75) is 0 Å². The third-order valence-corrected chi connectivity index (χ3v) is 3.29. The van der Waals surface area contributed by atoms with Crippen molar-refractivity contribution in [2.24, 2.45) is 5.73 Å². The average molecular weight is 256 g/mol. The van der Waals surface area contributed by atoms with E-state index < -0.39 is 11.7 Å². The van der Waals surface area contributed by atoms with E-state index in [-0.39, 0.29) is 10.6 Å². The lowest BCUT2D eigenvalue weighted by Gasteiger charge is -2.04. The lowest BCUT2D eigenvalue weighted by Crippen LogP contribution is -2.13. The number of benzene rings is 1. The van der Waals surface area contributed by atoms with Gasteiger partial charge in [-0.05, 0) is 29.1 Å². The number of carbonyl (C=O) groups excluding carboxylic acids is 1. The Kier molecular flexibility index (Phi) is 2.94. The first-order valence-corrected chi connectivity index (χ1v) is 5.68. The Morgan fingerprint density at radius 3 is 2.75 bits per heavy atom. The topological polar surface area (TPSA) is 43.1 Å². The molecule has 5 heteroatoms. The van der Waals surface area contributed by atoms with Gasteiger partial charge >= 0.3 is 0 Å². The summed E-state index contributed by atoms with van der Waals surface area (Å²) in [5, 5.41) is 1.79. The van der Waals surface area contributed by atoms with Crippen molar-refractivity contribution >= 4 is 28.8 Å². The molecule has 2 aromatic rings. The summed E-state index contributed by atoms with van der Waals surface area (Å²) in [5.41, 5.74) is 5.58. The molecule has 0 fully saturated rings. The van der Waals surface area contributed by atoms with Crippen LogP contribution in [-0.4, -0.2) is 5.91 Å². The van der Waals surface area contributed by atoms with Gasteiger partial charge in [0.15, 0.2) is 5.82 Å². The SMILES string of the molecule is NC(=O)c1cc(-c2cccs2)cc(Cl)c1F. The Bertz CT molecular complexity index is 539. The van der Waals surface area contributed by atoms with Crippen LogP contribution in [0.2, 0.25) is 5.02 Å². The van der Waals surface area contributed by atoms with Gasteiger partial charge in [0.05, 0.1) is 10.6 Å². The van der Waals surface area contributed by atoms with Gasteiger partial charge in [0, 0.05) is 4.88 Å². The first-order chi connectivity index (χ1) is 7.59. The van der Waals surface area contributed by atoms with Crippen molar-refractivity contribution in [3.63, 3.8) is 0 Å². The summed E-state index contributed by atoms with van der Waals surface area (Å²) in [7, 11) is 0. The van der Waals surface area contributed by atoms with E-state index in [1.807, 2.05) is 17.5 Å². The maximum Gasteiger partial charge on any atom is 0.251 e. The Hall–Kier alpha value is -1.39. The predicted molar refractivity (Wildman–Crippen MR) is 63.2 cm³/mol. The van der Waals surface area contributed by atoms with Gasteiger partial charge in [0.1, 0.15) is 0 Å².